The fraction of sp³-hybridized carbons (Fsp3) is 0.294. The summed E-state index contributed by atoms with van der Waals surface area (Å²) in [6, 6.07) is 15.7. The van der Waals surface area contributed by atoms with Crippen LogP contribution in [0.25, 0.3) is 0 Å². The summed E-state index contributed by atoms with van der Waals surface area (Å²) in [6.45, 7) is 2.06. The third-order valence-electron chi connectivity index (χ3n) is 3.62. The topological polar surface area (TPSA) is 83.6 Å². The van der Waals surface area contributed by atoms with Gasteiger partial charge in [0.1, 0.15) is 0 Å². The monoisotopic (exact) mass is 382 g/mol. The zero-order valence-electron chi connectivity index (χ0n) is 14.2. The fourth-order valence-corrected chi connectivity index (χ4v) is 4.25. The van der Waals surface area contributed by atoms with E-state index in [0.29, 0.717) is 0 Å². The molecule has 136 valence electrons. The molecule has 0 aliphatic heterocycles. The molecule has 0 saturated carbocycles. The number of benzene rings is 2. The maximum Gasteiger partial charge on any atom is 0.240 e. The van der Waals surface area contributed by atoms with E-state index < -0.39 is 20.0 Å². The first kappa shape index (κ1) is 19.6. The molecule has 0 saturated heterocycles. The van der Waals surface area contributed by atoms with E-state index in [9.17, 15) is 16.8 Å². The van der Waals surface area contributed by atoms with Gasteiger partial charge in [-0.2, -0.15) is 4.31 Å². The van der Waals surface area contributed by atoms with Crippen molar-refractivity contribution in [3.8, 4) is 0 Å². The number of hydrogen-bond acceptors (Lipinski definition) is 4. The second kappa shape index (κ2) is 8.09. The van der Waals surface area contributed by atoms with Crippen LogP contribution < -0.4 is 4.72 Å². The largest absolute Gasteiger partial charge is 0.240 e. The van der Waals surface area contributed by atoms with Gasteiger partial charge in [0, 0.05) is 19.6 Å². The molecule has 0 aliphatic carbocycles. The van der Waals surface area contributed by atoms with Crippen molar-refractivity contribution in [3.63, 3.8) is 0 Å². The fourth-order valence-electron chi connectivity index (χ4n) is 2.32. The first-order chi connectivity index (χ1) is 11.7. The first-order valence-electron chi connectivity index (χ1n) is 7.74. The predicted molar refractivity (Wildman–Crippen MR) is 98.1 cm³/mol. The van der Waals surface area contributed by atoms with Crippen LogP contribution in [0.5, 0.6) is 0 Å². The second-order valence-corrected chi connectivity index (χ2v) is 9.55. The van der Waals surface area contributed by atoms with E-state index in [1.807, 2.05) is 43.3 Å². The van der Waals surface area contributed by atoms with E-state index in [1.54, 1.807) is 12.1 Å². The van der Waals surface area contributed by atoms with Crippen LogP contribution in [-0.2, 0) is 26.6 Å². The van der Waals surface area contributed by atoms with Gasteiger partial charge in [-0.1, -0.05) is 42.5 Å². The maximum absolute atomic E-state index is 12.3. The van der Waals surface area contributed by atoms with Crippen LogP contribution in [0.15, 0.2) is 59.5 Å². The standard InChI is InChI=1S/C17H22N2O4S2/c1-15-7-6-10-17(13-15)25(22,23)18-11-12-19(24(2,20)21)14-16-8-4-3-5-9-16/h3-10,13,18H,11-12,14H2,1-2H3. The molecule has 1 N–H and O–H groups in total. The summed E-state index contributed by atoms with van der Waals surface area (Å²) in [5.74, 6) is 0. The number of rotatable bonds is 8. The Morgan fingerprint density at radius 3 is 2.24 bits per heavy atom. The van der Waals surface area contributed by atoms with Crippen molar-refractivity contribution in [2.24, 2.45) is 0 Å². The number of nitrogens with zero attached hydrogens (tertiary/aromatic N) is 1. The average molecular weight is 383 g/mol. The lowest BCUT2D eigenvalue weighted by Crippen LogP contribution is -2.37. The van der Waals surface area contributed by atoms with E-state index in [0.717, 1.165) is 17.4 Å². The van der Waals surface area contributed by atoms with Crippen molar-refractivity contribution in [2.75, 3.05) is 19.3 Å². The Labute approximate surface area is 149 Å². The first-order valence-corrected chi connectivity index (χ1v) is 11.1. The molecule has 2 rings (SSSR count). The summed E-state index contributed by atoms with van der Waals surface area (Å²) in [6.07, 6.45) is 1.12. The minimum atomic E-state index is -3.67. The summed E-state index contributed by atoms with van der Waals surface area (Å²) in [4.78, 5) is 0.168. The van der Waals surface area contributed by atoms with Crippen LogP contribution in [0.2, 0.25) is 0 Å². The molecule has 0 bridgehead atoms. The summed E-state index contributed by atoms with van der Waals surface area (Å²) < 4.78 is 52.2. The highest BCUT2D eigenvalue weighted by molar-refractivity contribution is 7.89. The van der Waals surface area contributed by atoms with Gasteiger partial charge < -0.3 is 0 Å². The molecule has 0 spiro atoms. The summed E-state index contributed by atoms with van der Waals surface area (Å²) in [7, 11) is -7.12. The molecule has 8 heteroatoms. The average Bonchev–Trinajstić information content (AvgIpc) is 2.54. The van der Waals surface area contributed by atoms with Gasteiger partial charge in [-0.05, 0) is 30.2 Å². The van der Waals surface area contributed by atoms with Crippen LogP contribution in [0.3, 0.4) is 0 Å². The van der Waals surface area contributed by atoms with E-state index in [2.05, 4.69) is 4.72 Å². The van der Waals surface area contributed by atoms with Gasteiger partial charge in [-0.3, -0.25) is 0 Å². The molecule has 2 aromatic carbocycles. The zero-order valence-corrected chi connectivity index (χ0v) is 15.8. The summed E-state index contributed by atoms with van der Waals surface area (Å²) in [5.41, 5.74) is 1.68. The lowest BCUT2D eigenvalue weighted by atomic mass is 10.2. The lowest BCUT2D eigenvalue weighted by Gasteiger charge is -2.20. The zero-order chi connectivity index (χ0) is 18.5. The van der Waals surface area contributed by atoms with Crippen LogP contribution in [-0.4, -0.2) is 40.5 Å². The van der Waals surface area contributed by atoms with E-state index >= 15 is 0 Å². The van der Waals surface area contributed by atoms with Gasteiger partial charge in [0.15, 0.2) is 0 Å². The molecule has 0 atom stereocenters. The molecule has 25 heavy (non-hydrogen) atoms. The van der Waals surface area contributed by atoms with Crippen molar-refractivity contribution in [2.45, 2.75) is 18.4 Å². The van der Waals surface area contributed by atoms with Gasteiger partial charge in [0.2, 0.25) is 20.0 Å². The Morgan fingerprint density at radius 1 is 0.960 bits per heavy atom. The van der Waals surface area contributed by atoms with Crippen LogP contribution in [0.1, 0.15) is 11.1 Å². The normalized spacial score (nSPS) is 12.4. The molecular formula is C17H22N2O4S2. The lowest BCUT2D eigenvalue weighted by molar-refractivity contribution is 0.412. The highest BCUT2D eigenvalue weighted by Crippen LogP contribution is 2.11. The molecule has 6 nitrogen and oxygen atoms in total. The highest BCUT2D eigenvalue weighted by atomic mass is 32.2. The van der Waals surface area contributed by atoms with Crippen molar-refractivity contribution in [1.82, 2.24) is 9.03 Å². The molecule has 0 aliphatic rings. The maximum atomic E-state index is 12.3. The third kappa shape index (κ3) is 5.93. The molecule has 0 radical (unpaired) electrons. The minimum Gasteiger partial charge on any atom is -0.212 e. The van der Waals surface area contributed by atoms with Crippen molar-refractivity contribution < 1.29 is 16.8 Å². The van der Waals surface area contributed by atoms with E-state index in [-0.39, 0.29) is 24.5 Å². The Kier molecular flexibility index (Phi) is 6.34. The van der Waals surface area contributed by atoms with E-state index in [4.69, 9.17) is 0 Å². The molecule has 2 aromatic rings. The smallest absolute Gasteiger partial charge is 0.212 e. The Balaban J connectivity index is 2.03. The molecule has 0 aromatic heterocycles. The van der Waals surface area contributed by atoms with Gasteiger partial charge in [-0.15, -0.1) is 0 Å². The van der Waals surface area contributed by atoms with Crippen molar-refractivity contribution >= 4 is 20.0 Å². The quantitative estimate of drug-likeness (QED) is 0.754. The van der Waals surface area contributed by atoms with Gasteiger partial charge in [0.05, 0.1) is 11.2 Å². The SMILES string of the molecule is Cc1cccc(S(=O)(=O)NCCN(Cc2ccccc2)S(C)(=O)=O)c1. The Bertz CT molecular complexity index is 911. The van der Waals surface area contributed by atoms with E-state index in [1.165, 1.54) is 10.4 Å². The Hall–Kier alpha value is -1.74. The molecular weight excluding hydrogens is 360 g/mol. The minimum absolute atomic E-state index is 0.00379. The molecule has 0 amide bonds. The van der Waals surface area contributed by atoms with Gasteiger partial charge >= 0.3 is 0 Å². The second-order valence-electron chi connectivity index (χ2n) is 5.80. The van der Waals surface area contributed by atoms with Gasteiger partial charge in [-0.25, -0.2) is 21.6 Å². The highest BCUT2D eigenvalue weighted by Gasteiger charge is 2.19. The van der Waals surface area contributed by atoms with Crippen LogP contribution >= 0.6 is 0 Å². The van der Waals surface area contributed by atoms with Gasteiger partial charge in [0.25, 0.3) is 0 Å². The third-order valence-corrected chi connectivity index (χ3v) is 6.33. The summed E-state index contributed by atoms with van der Waals surface area (Å²) in [5, 5.41) is 0. The molecule has 0 unspecified atom stereocenters. The summed E-state index contributed by atoms with van der Waals surface area (Å²) >= 11 is 0. The van der Waals surface area contributed by atoms with Crippen molar-refractivity contribution in [1.29, 1.82) is 0 Å². The Morgan fingerprint density at radius 2 is 1.64 bits per heavy atom. The number of sulfonamides is 2. The number of hydrogen-bond donors (Lipinski definition) is 1. The number of nitrogens with one attached hydrogen (secondary N) is 1. The van der Waals surface area contributed by atoms with Crippen LogP contribution in [0.4, 0.5) is 0 Å². The van der Waals surface area contributed by atoms with Crippen molar-refractivity contribution in [3.05, 3.63) is 65.7 Å². The molecule has 0 heterocycles. The number of aryl methyl sites for hydroxylation is 1. The molecule has 0 fully saturated rings. The van der Waals surface area contributed by atoms with Crippen LogP contribution in [0, 0.1) is 6.92 Å². The predicted octanol–water partition coefficient (Wildman–Crippen LogP) is 1.74.